The van der Waals surface area contributed by atoms with Crippen molar-refractivity contribution in [2.24, 2.45) is 0 Å². The summed E-state index contributed by atoms with van der Waals surface area (Å²) in [6, 6.07) is 5.17. The van der Waals surface area contributed by atoms with Crippen molar-refractivity contribution < 1.29 is 9.90 Å². The molecule has 0 heterocycles. The van der Waals surface area contributed by atoms with Crippen LogP contribution < -0.4 is 4.90 Å². The lowest BCUT2D eigenvalue weighted by molar-refractivity contribution is 0.0696. The Balaban J connectivity index is 3.39. The first-order chi connectivity index (χ1) is 6.57. The van der Waals surface area contributed by atoms with Gasteiger partial charge in [-0.15, -0.1) is 0 Å². The van der Waals surface area contributed by atoms with Crippen LogP contribution in [-0.2, 0) is 0 Å². The van der Waals surface area contributed by atoms with Gasteiger partial charge in [-0.05, 0) is 12.1 Å². The molecule has 0 aliphatic rings. The third-order valence-corrected chi connectivity index (χ3v) is 2.00. The van der Waals surface area contributed by atoms with Crippen molar-refractivity contribution >= 4 is 17.7 Å². The van der Waals surface area contributed by atoms with E-state index >= 15 is 0 Å². The molecule has 0 unspecified atom stereocenters. The molecule has 0 aliphatic heterocycles. The van der Waals surface area contributed by atoms with Gasteiger partial charge < -0.3 is 10.0 Å². The van der Waals surface area contributed by atoms with Crippen LogP contribution in [0.2, 0.25) is 0 Å². The average molecular weight is 191 g/mol. The maximum absolute atomic E-state index is 10.9. The lowest BCUT2D eigenvalue weighted by Crippen LogP contribution is -2.12. The highest BCUT2D eigenvalue weighted by atomic mass is 16.4. The Morgan fingerprint density at radius 3 is 2.57 bits per heavy atom. The Morgan fingerprint density at radius 1 is 1.50 bits per heavy atom. The molecule has 14 heavy (non-hydrogen) atoms. The first kappa shape index (κ1) is 10.3. The first-order valence-corrected chi connectivity index (χ1v) is 4.24. The van der Waals surface area contributed by atoms with E-state index in [0.717, 1.165) is 5.69 Å². The van der Waals surface area contributed by atoms with Gasteiger partial charge in [-0.2, -0.15) is 0 Å². The number of carboxylic acids is 1. The molecule has 0 radical (unpaired) electrons. The van der Waals surface area contributed by atoms with Crippen molar-refractivity contribution in [3.63, 3.8) is 0 Å². The minimum atomic E-state index is -0.927. The summed E-state index contributed by atoms with van der Waals surface area (Å²) in [7, 11) is 3.74. The second kappa shape index (κ2) is 3.96. The molecule has 0 bridgehead atoms. The van der Waals surface area contributed by atoms with Crippen LogP contribution in [0.25, 0.3) is 6.08 Å². The minimum absolute atomic E-state index is 0.284. The number of benzene rings is 1. The van der Waals surface area contributed by atoms with E-state index in [4.69, 9.17) is 5.11 Å². The van der Waals surface area contributed by atoms with Crippen molar-refractivity contribution in [2.45, 2.75) is 0 Å². The Hall–Kier alpha value is -1.77. The van der Waals surface area contributed by atoms with Gasteiger partial charge in [0.05, 0.1) is 5.56 Å². The number of aromatic carboxylic acids is 1. The van der Waals surface area contributed by atoms with E-state index in [1.165, 1.54) is 0 Å². The predicted molar refractivity (Wildman–Crippen MR) is 57.8 cm³/mol. The largest absolute Gasteiger partial charge is 0.478 e. The Bertz CT molecular complexity index is 370. The molecule has 1 aromatic carbocycles. The quantitative estimate of drug-likeness (QED) is 0.795. The van der Waals surface area contributed by atoms with Gasteiger partial charge in [-0.25, -0.2) is 4.79 Å². The molecule has 1 N–H and O–H groups in total. The van der Waals surface area contributed by atoms with Gasteiger partial charge in [0.15, 0.2) is 0 Å². The van der Waals surface area contributed by atoms with E-state index in [0.29, 0.717) is 5.56 Å². The van der Waals surface area contributed by atoms with E-state index in [1.54, 1.807) is 18.2 Å². The maximum atomic E-state index is 10.9. The third-order valence-electron chi connectivity index (χ3n) is 2.00. The predicted octanol–water partition coefficient (Wildman–Crippen LogP) is 2.09. The van der Waals surface area contributed by atoms with E-state index in [2.05, 4.69) is 6.58 Å². The second-order valence-corrected chi connectivity index (χ2v) is 3.14. The minimum Gasteiger partial charge on any atom is -0.478 e. The summed E-state index contributed by atoms with van der Waals surface area (Å²) in [4.78, 5) is 12.8. The number of rotatable bonds is 3. The zero-order valence-electron chi connectivity index (χ0n) is 8.32. The molecule has 0 atom stereocenters. The van der Waals surface area contributed by atoms with Crippen LogP contribution in [0.4, 0.5) is 5.69 Å². The molecule has 0 saturated carbocycles. The molecule has 1 rings (SSSR count). The molecule has 3 heteroatoms. The topological polar surface area (TPSA) is 40.5 Å². The fourth-order valence-corrected chi connectivity index (χ4v) is 1.34. The highest BCUT2D eigenvalue weighted by molar-refractivity contribution is 5.94. The highest BCUT2D eigenvalue weighted by Gasteiger charge is 2.11. The summed E-state index contributed by atoms with van der Waals surface area (Å²) in [5.41, 5.74) is 1.80. The van der Waals surface area contributed by atoms with Crippen molar-refractivity contribution in [1.29, 1.82) is 0 Å². The smallest absolute Gasteiger partial charge is 0.336 e. The lowest BCUT2D eigenvalue weighted by atomic mass is 10.0. The summed E-state index contributed by atoms with van der Waals surface area (Å²) in [5.74, 6) is -0.927. The van der Waals surface area contributed by atoms with Gasteiger partial charge in [0.25, 0.3) is 0 Å². The number of nitrogens with zero attached hydrogens (tertiary/aromatic N) is 1. The molecule has 0 spiro atoms. The second-order valence-electron chi connectivity index (χ2n) is 3.14. The average Bonchev–Trinajstić information content (AvgIpc) is 2.16. The maximum Gasteiger partial charge on any atom is 0.336 e. The van der Waals surface area contributed by atoms with Gasteiger partial charge in [0, 0.05) is 25.3 Å². The van der Waals surface area contributed by atoms with Crippen LogP contribution in [-0.4, -0.2) is 25.2 Å². The Labute approximate surface area is 83.3 Å². The van der Waals surface area contributed by atoms with Crippen molar-refractivity contribution in [3.8, 4) is 0 Å². The number of carbonyl (C=O) groups is 1. The molecule has 0 aromatic heterocycles. The highest BCUT2D eigenvalue weighted by Crippen LogP contribution is 2.23. The summed E-state index contributed by atoms with van der Waals surface area (Å²) >= 11 is 0. The lowest BCUT2D eigenvalue weighted by Gasteiger charge is -2.16. The molecule has 0 fully saturated rings. The fourth-order valence-electron chi connectivity index (χ4n) is 1.34. The van der Waals surface area contributed by atoms with E-state index < -0.39 is 5.97 Å². The molecular weight excluding hydrogens is 178 g/mol. The van der Waals surface area contributed by atoms with E-state index in [9.17, 15) is 4.79 Å². The van der Waals surface area contributed by atoms with Crippen LogP contribution in [0.15, 0.2) is 24.8 Å². The van der Waals surface area contributed by atoms with Crippen molar-refractivity contribution in [2.75, 3.05) is 19.0 Å². The summed E-state index contributed by atoms with van der Waals surface area (Å²) in [6.45, 7) is 3.63. The standard InChI is InChI=1S/C11H13NO2/c1-4-8-9(11(13)14)6-5-7-10(8)12(2)3/h4-7H,1H2,2-3H3,(H,13,14). The number of anilines is 1. The van der Waals surface area contributed by atoms with E-state index in [1.807, 2.05) is 25.1 Å². The zero-order valence-corrected chi connectivity index (χ0v) is 8.32. The SMILES string of the molecule is C=Cc1c(C(=O)O)cccc1N(C)C. The molecule has 1 aromatic rings. The van der Waals surface area contributed by atoms with Crippen LogP contribution in [0, 0.1) is 0 Å². The zero-order chi connectivity index (χ0) is 10.7. The van der Waals surface area contributed by atoms with Crippen LogP contribution >= 0.6 is 0 Å². The monoisotopic (exact) mass is 191 g/mol. The van der Waals surface area contributed by atoms with Crippen LogP contribution in [0.3, 0.4) is 0 Å². The van der Waals surface area contributed by atoms with Gasteiger partial charge >= 0.3 is 5.97 Å². The van der Waals surface area contributed by atoms with Gasteiger partial charge in [-0.1, -0.05) is 18.7 Å². The third kappa shape index (κ3) is 1.76. The molecule has 3 nitrogen and oxygen atoms in total. The molecule has 0 amide bonds. The van der Waals surface area contributed by atoms with Gasteiger partial charge in [0.2, 0.25) is 0 Å². The molecule has 0 aliphatic carbocycles. The van der Waals surface area contributed by atoms with Gasteiger partial charge in [0.1, 0.15) is 0 Å². The van der Waals surface area contributed by atoms with Crippen molar-refractivity contribution in [3.05, 3.63) is 35.9 Å². The summed E-state index contributed by atoms with van der Waals surface area (Å²) in [5, 5.41) is 8.94. The summed E-state index contributed by atoms with van der Waals surface area (Å²) < 4.78 is 0. The molecule has 0 saturated heterocycles. The van der Waals surface area contributed by atoms with Crippen molar-refractivity contribution in [1.82, 2.24) is 0 Å². The Morgan fingerprint density at radius 2 is 2.14 bits per heavy atom. The Kier molecular flexibility index (Phi) is 2.92. The number of hydrogen-bond acceptors (Lipinski definition) is 2. The molecular formula is C11H13NO2. The van der Waals surface area contributed by atoms with Crippen LogP contribution in [0.1, 0.15) is 15.9 Å². The molecule has 74 valence electrons. The van der Waals surface area contributed by atoms with E-state index in [-0.39, 0.29) is 5.56 Å². The van der Waals surface area contributed by atoms with Gasteiger partial charge in [-0.3, -0.25) is 0 Å². The summed E-state index contributed by atoms with van der Waals surface area (Å²) in [6.07, 6.45) is 1.57. The number of carboxylic acid groups (broad SMARTS) is 1. The fraction of sp³-hybridized carbons (Fsp3) is 0.182. The number of hydrogen-bond donors (Lipinski definition) is 1. The normalized spacial score (nSPS) is 9.57. The van der Waals surface area contributed by atoms with Crippen LogP contribution in [0.5, 0.6) is 0 Å². The first-order valence-electron chi connectivity index (χ1n) is 4.24.